The number of halogens is 1. The molecule has 2 aromatic carbocycles. The van der Waals surface area contributed by atoms with Crippen LogP contribution in [0.25, 0.3) is 0 Å². The zero-order valence-electron chi connectivity index (χ0n) is 15.0. The molecule has 1 heterocycles. The summed E-state index contributed by atoms with van der Waals surface area (Å²) in [6, 6.07) is 17.1. The van der Waals surface area contributed by atoms with E-state index in [9.17, 15) is 14.0 Å². The topological polar surface area (TPSA) is 83.5 Å². The first-order valence-electron chi connectivity index (χ1n) is 8.45. The Kier molecular flexibility index (Phi) is 5.86. The van der Waals surface area contributed by atoms with Crippen molar-refractivity contribution in [1.29, 1.82) is 0 Å². The Balaban J connectivity index is 1.64. The van der Waals surface area contributed by atoms with E-state index >= 15 is 0 Å². The Labute approximate surface area is 161 Å². The van der Waals surface area contributed by atoms with Crippen LogP contribution in [0.3, 0.4) is 0 Å². The molecule has 3 rings (SSSR count). The summed E-state index contributed by atoms with van der Waals surface area (Å²) in [6.07, 6.45) is 1.45. The van der Waals surface area contributed by atoms with Gasteiger partial charge < -0.3 is 5.32 Å². The molecule has 0 aliphatic carbocycles. The highest BCUT2D eigenvalue weighted by Crippen LogP contribution is 2.13. The van der Waals surface area contributed by atoms with E-state index in [0.29, 0.717) is 22.5 Å². The third-order valence-electron chi connectivity index (χ3n) is 3.76. The highest BCUT2D eigenvalue weighted by atomic mass is 19.1. The first kappa shape index (κ1) is 18.9. The number of aryl methyl sites for hydroxylation is 1. The minimum Gasteiger partial charge on any atom is -0.322 e. The number of hydrogen-bond acceptors (Lipinski definition) is 4. The van der Waals surface area contributed by atoms with Crippen LogP contribution in [0.1, 0.15) is 32.1 Å². The molecule has 2 N–H and O–H groups in total. The van der Waals surface area contributed by atoms with Crippen LogP contribution in [0, 0.1) is 12.7 Å². The molecular formula is C21H17FN4O2. The molecule has 0 aliphatic heterocycles. The SMILES string of the molecule is Cc1cccc(/C=N/NC(=O)c2cccc(NC(=O)c3ccc(F)cc3)c2)n1. The molecule has 0 atom stereocenters. The standard InChI is InChI=1S/C21H17FN4O2/c1-14-4-2-7-19(24-14)13-23-26-21(28)16-5-3-6-18(12-16)25-20(27)15-8-10-17(22)11-9-15/h2-13H,1H3,(H,25,27)(H,26,28)/b23-13+. The van der Waals surface area contributed by atoms with Crippen molar-refractivity contribution < 1.29 is 14.0 Å². The number of hydrazone groups is 1. The molecule has 0 aliphatic rings. The molecule has 0 radical (unpaired) electrons. The summed E-state index contributed by atoms with van der Waals surface area (Å²) >= 11 is 0. The molecule has 2 amide bonds. The van der Waals surface area contributed by atoms with Gasteiger partial charge in [0.1, 0.15) is 5.82 Å². The average molecular weight is 376 g/mol. The highest BCUT2D eigenvalue weighted by molar-refractivity contribution is 6.05. The molecule has 1 aromatic heterocycles. The van der Waals surface area contributed by atoms with E-state index in [2.05, 4.69) is 20.8 Å². The molecule has 3 aromatic rings. The lowest BCUT2D eigenvalue weighted by atomic mass is 10.1. The molecule has 28 heavy (non-hydrogen) atoms. The molecule has 0 unspecified atom stereocenters. The largest absolute Gasteiger partial charge is 0.322 e. The third kappa shape index (κ3) is 5.07. The van der Waals surface area contributed by atoms with Gasteiger partial charge in [-0.15, -0.1) is 0 Å². The number of hydrogen-bond donors (Lipinski definition) is 2. The summed E-state index contributed by atoms with van der Waals surface area (Å²) in [4.78, 5) is 28.7. The lowest BCUT2D eigenvalue weighted by Gasteiger charge is -2.07. The molecule has 140 valence electrons. The number of pyridine rings is 1. The Morgan fingerprint density at radius 2 is 1.71 bits per heavy atom. The smallest absolute Gasteiger partial charge is 0.271 e. The highest BCUT2D eigenvalue weighted by Gasteiger charge is 2.09. The van der Waals surface area contributed by atoms with Crippen LogP contribution >= 0.6 is 0 Å². The zero-order chi connectivity index (χ0) is 19.9. The third-order valence-corrected chi connectivity index (χ3v) is 3.76. The van der Waals surface area contributed by atoms with E-state index in [1.54, 1.807) is 24.3 Å². The molecule has 7 heteroatoms. The summed E-state index contributed by atoms with van der Waals surface area (Å²) < 4.78 is 13.0. The fraction of sp³-hybridized carbons (Fsp3) is 0.0476. The maximum atomic E-state index is 13.0. The minimum atomic E-state index is -0.429. The van der Waals surface area contributed by atoms with E-state index in [4.69, 9.17) is 0 Å². The molecule has 0 saturated heterocycles. The van der Waals surface area contributed by atoms with Gasteiger partial charge in [0.2, 0.25) is 0 Å². The van der Waals surface area contributed by atoms with Crippen LogP contribution in [0.2, 0.25) is 0 Å². The summed E-state index contributed by atoms with van der Waals surface area (Å²) in [5.74, 6) is -1.25. The van der Waals surface area contributed by atoms with Crippen molar-refractivity contribution in [3.05, 3.63) is 95.1 Å². The zero-order valence-corrected chi connectivity index (χ0v) is 15.0. The average Bonchev–Trinajstić information content (AvgIpc) is 2.68. The number of aromatic nitrogens is 1. The summed E-state index contributed by atoms with van der Waals surface area (Å²) in [5, 5.41) is 6.57. The van der Waals surface area contributed by atoms with Gasteiger partial charge >= 0.3 is 0 Å². The molecule has 0 fully saturated rings. The van der Waals surface area contributed by atoms with Gasteiger partial charge in [0.05, 0.1) is 11.9 Å². The van der Waals surface area contributed by atoms with Crippen LogP contribution in [0.5, 0.6) is 0 Å². The van der Waals surface area contributed by atoms with Crippen molar-refractivity contribution in [3.63, 3.8) is 0 Å². The van der Waals surface area contributed by atoms with E-state index in [-0.39, 0.29) is 0 Å². The monoisotopic (exact) mass is 376 g/mol. The fourth-order valence-electron chi connectivity index (χ4n) is 2.40. The maximum Gasteiger partial charge on any atom is 0.271 e. The number of rotatable bonds is 5. The second-order valence-corrected chi connectivity index (χ2v) is 5.94. The predicted molar refractivity (Wildman–Crippen MR) is 105 cm³/mol. The van der Waals surface area contributed by atoms with Crippen LogP contribution < -0.4 is 10.7 Å². The number of nitrogens with zero attached hydrogens (tertiary/aromatic N) is 2. The number of carbonyl (C=O) groups excluding carboxylic acids is 2. The van der Waals surface area contributed by atoms with Crippen molar-refractivity contribution in [1.82, 2.24) is 10.4 Å². The maximum absolute atomic E-state index is 13.0. The van der Waals surface area contributed by atoms with E-state index in [1.165, 1.54) is 36.5 Å². The first-order chi connectivity index (χ1) is 13.5. The number of benzene rings is 2. The second-order valence-electron chi connectivity index (χ2n) is 5.94. The molecule has 0 saturated carbocycles. The Hall–Kier alpha value is -3.87. The van der Waals surface area contributed by atoms with Crippen molar-refractivity contribution in [3.8, 4) is 0 Å². The van der Waals surface area contributed by atoms with Crippen LogP contribution in [-0.4, -0.2) is 23.0 Å². The van der Waals surface area contributed by atoms with Crippen LogP contribution in [0.15, 0.2) is 71.8 Å². The van der Waals surface area contributed by atoms with Gasteiger partial charge in [-0.1, -0.05) is 12.1 Å². The lowest BCUT2D eigenvalue weighted by Crippen LogP contribution is -2.18. The van der Waals surface area contributed by atoms with Crippen molar-refractivity contribution >= 4 is 23.7 Å². The number of amides is 2. The van der Waals surface area contributed by atoms with Gasteiger partial charge in [-0.25, -0.2) is 9.82 Å². The number of carbonyl (C=O) groups is 2. The normalized spacial score (nSPS) is 10.6. The quantitative estimate of drug-likeness (QED) is 0.528. The molecule has 6 nitrogen and oxygen atoms in total. The van der Waals surface area contributed by atoms with Crippen molar-refractivity contribution in [2.24, 2.45) is 5.10 Å². The van der Waals surface area contributed by atoms with Gasteiger partial charge in [-0.05, 0) is 61.5 Å². The lowest BCUT2D eigenvalue weighted by molar-refractivity contribution is 0.0953. The molecule has 0 spiro atoms. The van der Waals surface area contributed by atoms with Gasteiger partial charge in [0.15, 0.2) is 0 Å². The van der Waals surface area contributed by atoms with Gasteiger partial charge in [-0.3, -0.25) is 14.6 Å². The summed E-state index contributed by atoms with van der Waals surface area (Å²) in [5.41, 5.74) is 4.97. The van der Waals surface area contributed by atoms with Crippen LogP contribution in [-0.2, 0) is 0 Å². The molecular weight excluding hydrogens is 359 g/mol. The number of nitrogens with one attached hydrogen (secondary N) is 2. The number of anilines is 1. The fourth-order valence-corrected chi connectivity index (χ4v) is 2.40. The minimum absolute atomic E-state index is 0.312. The Morgan fingerprint density at radius 3 is 2.46 bits per heavy atom. The summed E-state index contributed by atoms with van der Waals surface area (Å²) in [7, 11) is 0. The van der Waals surface area contributed by atoms with Gasteiger partial charge in [0.25, 0.3) is 11.8 Å². The summed E-state index contributed by atoms with van der Waals surface area (Å²) in [6.45, 7) is 1.86. The first-order valence-corrected chi connectivity index (χ1v) is 8.45. The van der Waals surface area contributed by atoms with Gasteiger partial charge in [0, 0.05) is 22.5 Å². The Morgan fingerprint density at radius 1 is 0.964 bits per heavy atom. The van der Waals surface area contributed by atoms with Crippen molar-refractivity contribution in [2.45, 2.75) is 6.92 Å². The predicted octanol–water partition coefficient (Wildman–Crippen LogP) is 3.55. The van der Waals surface area contributed by atoms with E-state index in [0.717, 1.165) is 5.69 Å². The van der Waals surface area contributed by atoms with E-state index in [1.807, 2.05) is 19.1 Å². The second kappa shape index (κ2) is 8.68. The van der Waals surface area contributed by atoms with Crippen molar-refractivity contribution in [2.75, 3.05) is 5.32 Å². The molecule has 0 bridgehead atoms. The van der Waals surface area contributed by atoms with Gasteiger partial charge in [-0.2, -0.15) is 5.10 Å². The van der Waals surface area contributed by atoms with E-state index < -0.39 is 17.6 Å². The Bertz CT molecular complexity index is 1030. The van der Waals surface area contributed by atoms with Crippen LogP contribution in [0.4, 0.5) is 10.1 Å².